The number of hydrogen-bond acceptors (Lipinski definition) is 6. The fourth-order valence-electron chi connectivity index (χ4n) is 4.34. The number of carbonyl (C=O) groups is 1. The molecule has 0 radical (unpaired) electrons. The van der Waals surface area contributed by atoms with Crippen molar-refractivity contribution in [3.05, 3.63) is 120 Å². The lowest BCUT2D eigenvalue weighted by Crippen LogP contribution is -2.35. The second-order valence-corrected chi connectivity index (χ2v) is 11.0. The molecule has 0 aliphatic rings. The predicted octanol–water partition coefficient (Wildman–Crippen LogP) is 6.15. The third kappa shape index (κ3) is 6.01. The number of alkyl halides is 1. The summed E-state index contributed by atoms with van der Waals surface area (Å²) in [4.78, 5) is 15.4. The van der Waals surface area contributed by atoms with Gasteiger partial charge in [-0.2, -0.15) is 5.10 Å². The summed E-state index contributed by atoms with van der Waals surface area (Å²) in [7, 11) is -5.19. The molecule has 0 aliphatic heterocycles. The van der Waals surface area contributed by atoms with Crippen molar-refractivity contribution in [3.8, 4) is 22.4 Å². The van der Waals surface area contributed by atoms with Gasteiger partial charge < -0.3 is 4.74 Å². The molecule has 0 fully saturated rings. The summed E-state index contributed by atoms with van der Waals surface area (Å²) in [6, 6.07) is 13.5. The first-order valence-electron chi connectivity index (χ1n) is 12.8. The lowest BCUT2D eigenvalue weighted by atomic mass is 10.0. The van der Waals surface area contributed by atoms with Crippen LogP contribution in [0, 0.1) is 23.3 Å². The molecule has 0 atom stereocenters. The molecule has 0 bridgehead atoms. The van der Waals surface area contributed by atoms with Crippen molar-refractivity contribution in [2.24, 2.45) is 0 Å². The third-order valence-electron chi connectivity index (χ3n) is 6.43. The second-order valence-electron chi connectivity index (χ2n) is 9.19. The number of carbonyl (C=O) groups excluding carboxylic acids is 1. The Labute approximate surface area is 248 Å². The Kier molecular flexibility index (Phi) is 8.71. The Morgan fingerprint density at radius 2 is 1.61 bits per heavy atom. The predicted molar refractivity (Wildman–Crippen MR) is 150 cm³/mol. The first-order chi connectivity index (χ1) is 21.1. The first kappa shape index (κ1) is 30.4. The summed E-state index contributed by atoms with van der Waals surface area (Å²) in [5, 5.41) is 4.14. The SMILES string of the molecule is O=C(OCN(c1ccc(F)c(-c2nn(CCF)cc2-c2ccncc2)c1F)S(=O)(=O)c1cc(F)ccc1F)c1ccccc1. The number of aromatic nitrogens is 3. The maximum atomic E-state index is 16.4. The number of halogens is 5. The number of sulfonamides is 1. The molecule has 2 aromatic heterocycles. The molecule has 8 nitrogen and oxygen atoms in total. The van der Waals surface area contributed by atoms with Crippen molar-refractivity contribution in [1.82, 2.24) is 14.8 Å². The zero-order valence-corrected chi connectivity index (χ0v) is 23.3. The van der Waals surface area contributed by atoms with Crippen LogP contribution in [0.1, 0.15) is 10.4 Å². The van der Waals surface area contributed by atoms with E-state index in [1.54, 1.807) is 6.07 Å². The monoisotopic (exact) mass is 628 g/mol. The number of hydrogen-bond donors (Lipinski definition) is 0. The molecule has 226 valence electrons. The van der Waals surface area contributed by atoms with E-state index in [1.165, 1.54) is 55.0 Å². The number of anilines is 1. The van der Waals surface area contributed by atoms with E-state index in [0.29, 0.717) is 23.8 Å². The molecule has 0 saturated heterocycles. The van der Waals surface area contributed by atoms with Gasteiger partial charge in [0.15, 0.2) is 12.5 Å². The van der Waals surface area contributed by atoms with Crippen LogP contribution >= 0.6 is 0 Å². The highest BCUT2D eigenvalue weighted by Crippen LogP contribution is 2.39. The van der Waals surface area contributed by atoms with E-state index in [4.69, 9.17) is 4.74 Å². The van der Waals surface area contributed by atoms with Gasteiger partial charge in [-0.1, -0.05) is 18.2 Å². The topological polar surface area (TPSA) is 94.4 Å². The molecule has 0 spiro atoms. The van der Waals surface area contributed by atoms with Crippen LogP contribution in [0.5, 0.6) is 0 Å². The van der Waals surface area contributed by atoms with Crippen molar-refractivity contribution in [2.75, 3.05) is 17.7 Å². The van der Waals surface area contributed by atoms with Gasteiger partial charge in [0.25, 0.3) is 10.0 Å². The minimum absolute atomic E-state index is 0.0162. The van der Waals surface area contributed by atoms with Crippen LogP contribution < -0.4 is 4.31 Å². The Hall–Kier alpha value is -5.11. The van der Waals surface area contributed by atoms with Crippen LogP contribution in [0.15, 0.2) is 96.3 Å². The maximum absolute atomic E-state index is 16.4. The lowest BCUT2D eigenvalue weighted by Gasteiger charge is -2.25. The second kappa shape index (κ2) is 12.6. The molecular formula is C30H21F5N4O4S. The average Bonchev–Trinajstić information content (AvgIpc) is 3.43. The van der Waals surface area contributed by atoms with Gasteiger partial charge in [-0.3, -0.25) is 9.67 Å². The van der Waals surface area contributed by atoms with Crippen molar-refractivity contribution in [1.29, 1.82) is 0 Å². The zero-order chi connectivity index (χ0) is 31.4. The van der Waals surface area contributed by atoms with Gasteiger partial charge in [0, 0.05) is 24.2 Å². The van der Waals surface area contributed by atoms with Crippen LogP contribution in [-0.2, 0) is 21.3 Å². The highest BCUT2D eigenvalue weighted by molar-refractivity contribution is 7.92. The number of rotatable bonds is 10. The highest BCUT2D eigenvalue weighted by Gasteiger charge is 2.34. The number of benzene rings is 3. The van der Waals surface area contributed by atoms with Gasteiger partial charge in [0.05, 0.1) is 23.4 Å². The molecule has 5 aromatic rings. The van der Waals surface area contributed by atoms with Crippen molar-refractivity contribution >= 4 is 21.7 Å². The Morgan fingerprint density at radius 3 is 2.32 bits per heavy atom. The van der Waals surface area contributed by atoms with E-state index in [0.717, 1.165) is 16.8 Å². The summed E-state index contributed by atoms with van der Waals surface area (Å²) in [6.45, 7) is -2.31. The summed E-state index contributed by atoms with van der Waals surface area (Å²) < 4.78 is 108. The molecule has 0 amide bonds. The maximum Gasteiger partial charge on any atom is 0.339 e. The minimum atomic E-state index is -5.19. The van der Waals surface area contributed by atoms with E-state index in [-0.39, 0.29) is 27.7 Å². The smallest absolute Gasteiger partial charge is 0.339 e. The van der Waals surface area contributed by atoms with Crippen molar-refractivity contribution in [2.45, 2.75) is 11.4 Å². The molecule has 14 heteroatoms. The average molecular weight is 629 g/mol. The van der Waals surface area contributed by atoms with Crippen LogP contribution in [0.2, 0.25) is 0 Å². The molecule has 0 aliphatic carbocycles. The summed E-state index contributed by atoms with van der Waals surface area (Å²) in [6.07, 6.45) is 4.18. The summed E-state index contributed by atoms with van der Waals surface area (Å²) in [5.74, 6) is -6.16. The lowest BCUT2D eigenvalue weighted by molar-refractivity contribution is 0.0519. The van der Waals surface area contributed by atoms with Gasteiger partial charge in [-0.05, 0) is 60.2 Å². The normalized spacial score (nSPS) is 11.4. The number of pyridine rings is 1. The fourth-order valence-corrected chi connectivity index (χ4v) is 5.74. The number of ether oxygens (including phenoxy) is 1. The van der Waals surface area contributed by atoms with Crippen LogP contribution in [-0.4, -0.2) is 42.6 Å². The molecule has 3 aromatic carbocycles. The third-order valence-corrected chi connectivity index (χ3v) is 8.18. The molecule has 2 heterocycles. The van der Waals surface area contributed by atoms with Crippen LogP contribution in [0.4, 0.5) is 27.6 Å². The standard InChI is InChI=1S/C30H21F5N4O4S/c31-12-15-38-17-22(19-10-13-36-14-11-19)29(37-38)27-24(34)8-9-25(28(27)35)39(18-43-30(40)20-4-2-1-3-5-20)44(41,42)26-16-21(32)6-7-23(26)33/h1-11,13-14,16-17H,12,15,18H2. The number of aryl methyl sites for hydroxylation is 1. The first-order valence-corrected chi connectivity index (χ1v) is 14.3. The zero-order valence-electron chi connectivity index (χ0n) is 22.5. The Balaban J connectivity index is 1.68. The molecule has 5 rings (SSSR count). The highest BCUT2D eigenvalue weighted by atomic mass is 32.2. The van der Waals surface area contributed by atoms with Gasteiger partial charge in [0.2, 0.25) is 0 Å². The molecular weight excluding hydrogens is 607 g/mol. The van der Waals surface area contributed by atoms with E-state index in [1.807, 2.05) is 0 Å². The van der Waals surface area contributed by atoms with Gasteiger partial charge in [-0.15, -0.1) is 0 Å². The van der Waals surface area contributed by atoms with E-state index >= 15 is 8.78 Å². The van der Waals surface area contributed by atoms with Crippen LogP contribution in [0.25, 0.3) is 22.4 Å². The van der Waals surface area contributed by atoms with Crippen molar-refractivity contribution in [3.63, 3.8) is 0 Å². The van der Waals surface area contributed by atoms with Gasteiger partial charge in [0.1, 0.15) is 34.7 Å². The molecule has 0 N–H and O–H groups in total. The van der Waals surface area contributed by atoms with E-state index in [2.05, 4.69) is 10.1 Å². The van der Waals surface area contributed by atoms with Crippen LogP contribution in [0.3, 0.4) is 0 Å². The Bertz CT molecular complexity index is 1920. The molecule has 0 saturated carbocycles. The van der Waals surface area contributed by atoms with Gasteiger partial charge in [-0.25, -0.2) is 39.5 Å². The van der Waals surface area contributed by atoms with E-state index < -0.39 is 68.8 Å². The van der Waals surface area contributed by atoms with Crippen molar-refractivity contribution < 1.29 is 39.9 Å². The minimum Gasteiger partial charge on any atom is -0.440 e. The van der Waals surface area contributed by atoms with Gasteiger partial charge >= 0.3 is 5.97 Å². The molecule has 44 heavy (non-hydrogen) atoms. The largest absolute Gasteiger partial charge is 0.440 e. The quantitative estimate of drug-likeness (QED) is 0.105. The summed E-state index contributed by atoms with van der Waals surface area (Å²) in [5.41, 5.74) is -1.39. The van der Waals surface area contributed by atoms with E-state index in [9.17, 15) is 26.4 Å². The fraction of sp³-hybridized carbons (Fsp3) is 0.100. The molecule has 0 unspecified atom stereocenters. The Morgan fingerprint density at radius 1 is 0.909 bits per heavy atom. The number of esters is 1. The summed E-state index contributed by atoms with van der Waals surface area (Å²) >= 11 is 0. The number of nitrogens with zero attached hydrogens (tertiary/aromatic N) is 4.